The van der Waals surface area contributed by atoms with Gasteiger partial charge >= 0.3 is 0 Å². The number of rotatable bonds is 5. The lowest BCUT2D eigenvalue weighted by Crippen LogP contribution is -2.25. The number of ether oxygens (including phenoxy) is 2. The summed E-state index contributed by atoms with van der Waals surface area (Å²) in [6.07, 6.45) is -1.82. The van der Waals surface area contributed by atoms with E-state index in [1.54, 1.807) is 6.07 Å². The minimum atomic E-state index is -0.796. The second-order valence-corrected chi connectivity index (χ2v) is 4.43. The first-order valence-electron chi connectivity index (χ1n) is 6.08. The van der Waals surface area contributed by atoms with Crippen molar-refractivity contribution in [3.63, 3.8) is 0 Å². The summed E-state index contributed by atoms with van der Waals surface area (Å²) in [4.78, 5) is 10.5. The molecule has 0 radical (unpaired) electrons. The Bertz CT molecular complexity index is 495. The third-order valence-corrected chi connectivity index (χ3v) is 3.12. The number of aliphatic hydroxyl groups excluding tert-OH is 2. The lowest BCUT2D eigenvalue weighted by molar-refractivity contribution is -0.384. The molecule has 0 bridgehead atoms. The van der Waals surface area contributed by atoms with E-state index >= 15 is 0 Å². The van der Waals surface area contributed by atoms with Crippen molar-refractivity contribution in [2.24, 2.45) is 0 Å². The van der Waals surface area contributed by atoms with E-state index in [1.165, 1.54) is 19.2 Å². The summed E-state index contributed by atoms with van der Waals surface area (Å²) in [5, 5.41) is 32.5. The van der Waals surface area contributed by atoms with Crippen molar-refractivity contribution in [3.05, 3.63) is 28.3 Å². The third kappa shape index (κ3) is 2.98. The molecule has 1 heterocycles. The SMILES string of the molecule is COc1ccc(N[C@@H]2C[C@@H](O)[C@@H](CO)O2)c([N+](=O)[O-])c1. The van der Waals surface area contributed by atoms with E-state index in [9.17, 15) is 15.2 Å². The van der Waals surface area contributed by atoms with Crippen LogP contribution in [0.4, 0.5) is 11.4 Å². The van der Waals surface area contributed by atoms with Crippen LogP contribution in [-0.4, -0.2) is 47.3 Å². The molecule has 1 fully saturated rings. The normalized spacial score (nSPS) is 25.4. The molecule has 0 aromatic heterocycles. The van der Waals surface area contributed by atoms with Crippen molar-refractivity contribution in [1.82, 2.24) is 0 Å². The number of nitrogens with zero attached hydrogens (tertiary/aromatic N) is 1. The fraction of sp³-hybridized carbons (Fsp3) is 0.500. The molecule has 3 N–H and O–H groups in total. The van der Waals surface area contributed by atoms with E-state index in [1.807, 2.05) is 0 Å². The van der Waals surface area contributed by atoms with Gasteiger partial charge in [0.1, 0.15) is 23.8 Å². The topological polar surface area (TPSA) is 114 Å². The number of aliphatic hydroxyl groups is 2. The van der Waals surface area contributed by atoms with Crippen LogP contribution in [0.3, 0.4) is 0 Å². The Morgan fingerprint density at radius 1 is 1.60 bits per heavy atom. The van der Waals surface area contributed by atoms with Crippen molar-refractivity contribution in [2.75, 3.05) is 19.0 Å². The molecule has 3 atom stereocenters. The number of hydrogen-bond acceptors (Lipinski definition) is 7. The van der Waals surface area contributed by atoms with Gasteiger partial charge in [-0.25, -0.2) is 0 Å². The molecule has 8 heteroatoms. The zero-order chi connectivity index (χ0) is 14.7. The average Bonchev–Trinajstić information content (AvgIpc) is 2.79. The predicted molar refractivity (Wildman–Crippen MR) is 69.6 cm³/mol. The number of nitro benzene ring substituents is 1. The van der Waals surface area contributed by atoms with Crippen molar-refractivity contribution in [1.29, 1.82) is 0 Å². The fourth-order valence-electron chi connectivity index (χ4n) is 2.07. The van der Waals surface area contributed by atoms with Gasteiger partial charge < -0.3 is 25.0 Å². The Kier molecular flexibility index (Phi) is 4.38. The van der Waals surface area contributed by atoms with E-state index in [-0.39, 0.29) is 24.4 Å². The van der Waals surface area contributed by atoms with E-state index in [2.05, 4.69) is 5.32 Å². The van der Waals surface area contributed by atoms with Crippen LogP contribution in [-0.2, 0) is 4.74 Å². The fourth-order valence-corrected chi connectivity index (χ4v) is 2.07. The van der Waals surface area contributed by atoms with Crippen LogP contribution in [0.25, 0.3) is 0 Å². The second kappa shape index (κ2) is 6.04. The lowest BCUT2D eigenvalue weighted by Gasteiger charge is -2.15. The molecule has 2 rings (SSSR count). The number of benzene rings is 1. The molecule has 1 aromatic rings. The number of nitrogens with one attached hydrogen (secondary N) is 1. The van der Waals surface area contributed by atoms with Crippen LogP contribution in [0.1, 0.15) is 6.42 Å². The summed E-state index contributed by atoms with van der Waals surface area (Å²) < 4.78 is 10.3. The third-order valence-electron chi connectivity index (χ3n) is 3.12. The summed E-state index contributed by atoms with van der Waals surface area (Å²) in [6.45, 7) is -0.302. The number of hydrogen-bond donors (Lipinski definition) is 3. The summed E-state index contributed by atoms with van der Waals surface area (Å²) >= 11 is 0. The van der Waals surface area contributed by atoms with Gasteiger partial charge in [0.25, 0.3) is 5.69 Å². The highest BCUT2D eigenvalue weighted by Crippen LogP contribution is 2.31. The van der Waals surface area contributed by atoms with E-state index in [0.717, 1.165) is 0 Å². The van der Waals surface area contributed by atoms with Crippen LogP contribution in [0.5, 0.6) is 5.75 Å². The molecule has 8 nitrogen and oxygen atoms in total. The number of anilines is 1. The number of nitro groups is 1. The zero-order valence-electron chi connectivity index (χ0n) is 10.9. The highest BCUT2D eigenvalue weighted by atomic mass is 16.6. The maximum Gasteiger partial charge on any atom is 0.296 e. The molecule has 20 heavy (non-hydrogen) atoms. The molecule has 1 aliphatic rings. The maximum absolute atomic E-state index is 11.0. The van der Waals surface area contributed by atoms with Gasteiger partial charge in [0.15, 0.2) is 0 Å². The summed E-state index contributed by atoms with van der Waals surface area (Å²) in [5.41, 5.74) is 0.126. The molecule has 0 unspecified atom stereocenters. The van der Waals surface area contributed by atoms with E-state index in [0.29, 0.717) is 5.75 Å². The summed E-state index contributed by atoms with van der Waals surface area (Å²) in [7, 11) is 1.43. The molecule has 0 aliphatic carbocycles. The minimum absolute atomic E-state index is 0.144. The lowest BCUT2D eigenvalue weighted by atomic mass is 10.2. The van der Waals surface area contributed by atoms with E-state index < -0.39 is 23.4 Å². The predicted octanol–water partition coefficient (Wildman–Crippen LogP) is 0.483. The highest BCUT2D eigenvalue weighted by Gasteiger charge is 2.34. The van der Waals surface area contributed by atoms with Gasteiger partial charge in [0.2, 0.25) is 0 Å². The van der Waals surface area contributed by atoms with Crippen LogP contribution < -0.4 is 10.1 Å². The zero-order valence-corrected chi connectivity index (χ0v) is 10.9. The van der Waals surface area contributed by atoms with Gasteiger partial charge in [-0.1, -0.05) is 0 Å². The standard InChI is InChI=1S/C12H16N2O6/c1-19-7-2-3-8(9(4-7)14(17)18)13-12-5-10(16)11(6-15)20-12/h2-4,10-13,15-16H,5-6H2,1H3/t10-,11-,12+/m1/s1. The van der Waals surface area contributed by atoms with Crippen LogP contribution in [0.15, 0.2) is 18.2 Å². The molecule has 110 valence electrons. The Morgan fingerprint density at radius 3 is 2.90 bits per heavy atom. The molecule has 0 spiro atoms. The van der Waals surface area contributed by atoms with Crippen molar-refractivity contribution < 1.29 is 24.6 Å². The maximum atomic E-state index is 11.0. The quantitative estimate of drug-likeness (QED) is 0.532. The van der Waals surface area contributed by atoms with Crippen molar-refractivity contribution in [3.8, 4) is 5.75 Å². The van der Waals surface area contributed by atoms with Crippen LogP contribution in [0.2, 0.25) is 0 Å². The molecule has 0 saturated carbocycles. The van der Waals surface area contributed by atoms with Gasteiger partial charge in [-0.15, -0.1) is 0 Å². The van der Waals surface area contributed by atoms with Gasteiger partial charge in [0.05, 0.1) is 30.8 Å². The molecule has 1 aromatic carbocycles. The summed E-state index contributed by atoms with van der Waals surface area (Å²) in [5.74, 6) is 0.378. The molecule has 1 aliphatic heterocycles. The van der Waals surface area contributed by atoms with Gasteiger partial charge in [-0.2, -0.15) is 0 Å². The van der Waals surface area contributed by atoms with Crippen LogP contribution >= 0.6 is 0 Å². The van der Waals surface area contributed by atoms with Gasteiger partial charge in [-0.05, 0) is 12.1 Å². The second-order valence-electron chi connectivity index (χ2n) is 4.43. The van der Waals surface area contributed by atoms with Crippen molar-refractivity contribution >= 4 is 11.4 Å². The minimum Gasteiger partial charge on any atom is -0.496 e. The molecular formula is C12H16N2O6. The van der Waals surface area contributed by atoms with Gasteiger partial charge in [-0.3, -0.25) is 10.1 Å². The average molecular weight is 284 g/mol. The Morgan fingerprint density at radius 2 is 2.35 bits per heavy atom. The summed E-state index contributed by atoms with van der Waals surface area (Å²) in [6, 6.07) is 4.40. The molecule has 0 amide bonds. The van der Waals surface area contributed by atoms with Crippen LogP contribution in [0, 0.1) is 10.1 Å². The Labute approximate surface area is 115 Å². The smallest absolute Gasteiger partial charge is 0.296 e. The first-order chi connectivity index (χ1) is 9.55. The Hall–Kier alpha value is -1.90. The van der Waals surface area contributed by atoms with E-state index in [4.69, 9.17) is 14.6 Å². The number of methoxy groups -OCH3 is 1. The largest absolute Gasteiger partial charge is 0.496 e. The van der Waals surface area contributed by atoms with Crippen molar-refractivity contribution in [2.45, 2.75) is 24.9 Å². The Balaban J connectivity index is 2.15. The first-order valence-corrected chi connectivity index (χ1v) is 6.08. The monoisotopic (exact) mass is 284 g/mol. The van der Waals surface area contributed by atoms with Gasteiger partial charge in [0, 0.05) is 6.42 Å². The molecular weight excluding hydrogens is 268 g/mol. The highest BCUT2D eigenvalue weighted by molar-refractivity contribution is 5.64. The molecule has 1 saturated heterocycles. The first kappa shape index (κ1) is 14.5.